The van der Waals surface area contributed by atoms with Gasteiger partial charge in [-0.05, 0) is 116 Å². The number of hydrogen-bond donors (Lipinski definition) is 14. The summed E-state index contributed by atoms with van der Waals surface area (Å²) in [7, 11) is 0. The van der Waals surface area contributed by atoms with Crippen LogP contribution in [0.2, 0.25) is 0 Å². The van der Waals surface area contributed by atoms with Gasteiger partial charge in [0.15, 0.2) is 25.2 Å². The Morgan fingerprint density at radius 1 is 0.575 bits per heavy atom. The van der Waals surface area contributed by atoms with Gasteiger partial charge in [-0.2, -0.15) is 0 Å². The van der Waals surface area contributed by atoms with Crippen molar-refractivity contribution in [2.75, 3.05) is 26.4 Å². The fourth-order valence-electron chi connectivity index (χ4n) is 17.3. The molecule has 498 valence electrons. The Hall–Kier alpha value is -2.24. The summed E-state index contributed by atoms with van der Waals surface area (Å²) < 4.78 is 64.9. The van der Waals surface area contributed by atoms with Crippen LogP contribution in [0.3, 0.4) is 0 Å². The number of allylic oxidation sites excluding steroid dienone is 2. The molecule has 32 atom stereocenters. The molecular weight excluding hydrogens is 1150 g/mol. The molecular formula is C60H96O27. The lowest BCUT2D eigenvalue weighted by molar-refractivity contribution is -0.366. The van der Waals surface area contributed by atoms with E-state index in [4.69, 9.17) is 52.1 Å². The summed E-state index contributed by atoms with van der Waals surface area (Å²) in [6, 6.07) is 0. The highest BCUT2D eigenvalue weighted by Gasteiger charge is 2.67. The number of rotatable bonds is 14. The Morgan fingerprint density at radius 2 is 1.17 bits per heavy atom. The van der Waals surface area contributed by atoms with Crippen molar-refractivity contribution < 1.29 is 133 Å². The summed E-state index contributed by atoms with van der Waals surface area (Å²) in [6.07, 6.45) is -29.8. The second kappa shape index (κ2) is 25.6. The SMILES string of the molecule is CC(=O)OC[C@H]1O[C@@H](OC[C@H]2O[C@@H](OC(=O)[C@]34CCC(C)(C)C[C@H]3C3=CC[C@H]5[C@@H](CC[C@H]6C(C)(C)[C@@H](O[C@@H]7OC[C@H](O)[C@H](O)[C@H]7O[C@@H]7O[C@H](CO)[C@@H](O)[C@H](O)[C@H]7O)CC[C@]56C)[C@]3(C)CC4)[C@H](O)[C@@H](O)[C@@H]2O)[C@H](O)[C@@H](O)[C@@H]1O[C@@H]1O[C@@H](C)[C@H](O)[C@@H](O)[C@H]1O. The van der Waals surface area contributed by atoms with E-state index in [0.717, 1.165) is 32.6 Å². The summed E-state index contributed by atoms with van der Waals surface area (Å²) in [5.41, 5.74) is -0.922. The molecule has 4 saturated carbocycles. The second-order valence-corrected chi connectivity index (χ2v) is 28.6. The Balaban J connectivity index is 0.818. The molecule has 0 bridgehead atoms. The number of aliphatic hydroxyl groups excluding tert-OH is 14. The molecule has 9 fully saturated rings. The smallest absolute Gasteiger partial charge is 0.315 e. The minimum Gasteiger partial charge on any atom is -0.463 e. The topological polar surface area (TPSA) is 419 Å². The summed E-state index contributed by atoms with van der Waals surface area (Å²) in [4.78, 5) is 27.1. The third kappa shape index (κ3) is 12.3. The Bertz CT molecular complexity index is 2430. The van der Waals surface area contributed by atoms with Crippen LogP contribution in [0.4, 0.5) is 0 Å². The first-order chi connectivity index (χ1) is 40.8. The Kier molecular flexibility index (Phi) is 19.9. The first-order valence-electron chi connectivity index (χ1n) is 31.1. The maximum atomic E-state index is 15.2. The molecule has 10 rings (SSSR count). The predicted molar refractivity (Wildman–Crippen MR) is 293 cm³/mol. The van der Waals surface area contributed by atoms with Crippen LogP contribution < -0.4 is 0 Å². The highest BCUT2D eigenvalue weighted by atomic mass is 16.8. The highest BCUT2D eigenvalue weighted by molar-refractivity contribution is 5.79. The molecule has 5 aliphatic heterocycles. The van der Waals surface area contributed by atoms with E-state index < -0.39 is 196 Å². The fourth-order valence-corrected chi connectivity index (χ4v) is 17.3. The van der Waals surface area contributed by atoms with Gasteiger partial charge in [-0.3, -0.25) is 9.59 Å². The van der Waals surface area contributed by atoms with Gasteiger partial charge < -0.3 is 124 Å². The van der Waals surface area contributed by atoms with Crippen molar-refractivity contribution >= 4 is 11.9 Å². The van der Waals surface area contributed by atoms with Gasteiger partial charge in [-0.25, -0.2) is 0 Å². The molecule has 0 aromatic rings. The summed E-state index contributed by atoms with van der Waals surface area (Å²) >= 11 is 0. The van der Waals surface area contributed by atoms with E-state index in [1.807, 2.05) is 0 Å². The molecule has 0 unspecified atom stereocenters. The van der Waals surface area contributed by atoms with Crippen molar-refractivity contribution in [3.63, 3.8) is 0 Å². The first kappa shape index (κ1) is 67.6. The minimum atomic E-state index is -1.92. The number of ether oxygens (including phenoxy) is 11. The molecule has 0 aromatic carbocycles. The van der Waals surface area contributed by atoms with E-state index in [-0.39, 0.29) is 46.5 Å². The number of carbonyl (C=O) groups is 2. The normalized spacial score (nSPS) is 52.2. The van der Waals surface area contributed by atoms with Gasteiger partial charge in [0.05, 0.1) is 37.4 Å². The van der Waals surface area contributed by atoms with Crippen molar-refractivity contribution in [2.24, 2.45) is 50.7 Å². The van der Waals surface area contributed by atoms with Crippen molar-refractivity contribution in [3.8, 4) is 0 Å². The van der Waals surface area contributed by atoms with E-state index in [1.165, 1.54) is 12.5 Å². The van der Waals surface area contributed by atoms with E-state index in [9.17, 15) is 76.3 Å². The number of carbonyl (C=O) groups excluding carboxylic acids is 2. The molecule has 5 aliphatic carbocycles. The zero-order valence-corrected chi connectivity index (χ0v) is 50.8. The molecule has 0 radical (unpaired) electrons. The zero-order chi connectivity index (χ0) is 63.4. The van der Waals surface area contributed by atoms with E-state index in [1.54, 1.807) is 0 Å². The Morgan fingerprint density at radius 3 is 1.85 bits per heavy atom. The molecule has 0 amide bonds. The maximum absolute atomic E-state index is 15.2. The van der Waals surface area contributed by atoms with Gasteiger partial charge in [0, 0.05) is 6.92 Å². The third-order valence-electron chi connectivity index (χ3n) is 22.6. The van der Waals surface area contributed by atoms with Gasteiger partial charge in [0.1, 0.15) is 116 Å². The average molecular weight is 1250 g/mol. The molecule has 14 N–H and O–H groups in total. The van der Waals surface area contributed by atoms with Crippen LogP contribution >= 0.6 is 0 Å². The lowest BCUT2D eigenvalue weighted by Crippen LogP contribution is -2.65. The third-order valence-corrected chi connectivity index (χ3v) is 22.6. The van der Waals surface area contributed by atoms with Gasteiger partial charge in [-0.15, -0.1) is 0 Å². The van der Waals surface area contributed by atoms with Crippen LogP contribution in [-0.2, 0) is 61.7 Å². The standard InChI is InChI=1S/C60H96O27/c1-24-36(64)40(68)44(72)51(80-24)85-48-33(23-77-25(2)62)83-50(47(75)43(48)71)79-22-32-39(67)42(70)46(74)53(82-32)87-55(76)60-17-15-56(3,4)19-29(60)28-10-9-27-26(58(28,7)16-18-60)11-12-34-57(5,6)35(13-14-59(27,34)8)84-54-49(37(65)30(63)21-78-54)86-52-45(73)41(69)38(66)31(20-61)81-52/h10,24,26-27,29-54,61,63-75H,9,11-23H2,1-8H3/t24-,26+,27-,29-,30-,31+,32+,33+,34-,35-,36-,37-,38+,39+,40+,41-,42-,43+,44+,45+,46+,47+,48+,49+,50+,51-,52-,53-,54-,58-,59+,60-/m0/s1. The van der Waals surface area contributed by atoms with Crippen LogP contribution in [0.15, 0.2) is 11.6 Å². The van der Waals surface area contributed by atoms with E-state index in [2.05, 4.69) is 47.6 Å². The van der Waals surface area contributed by atoms with Crippen molar-refractivity contribution in [1.29, 1.82) is 0 Å². The molecule has 87 heavy (non-hydrogen) atoms. The number of fused-ring (bicyclic) bond motifs is 7. The van der Waals surface area contributed by atoms with Crippen LogP contribution in [0.5, 0.6) is 0 Å². The zero-order valence-electron chi connectivity index (χ0n) is 50.8. The lowest BCUT2D eigenvalue weighted by atomic mass is 9.38. The quantitative estimate of drug-likeness (QED) is 0.0491. The van der Waals surface area contributed by atoms with Crippen LogP contribution in [0.1, 0.15) is 120 Å². The second-order valence-electron chi connectivity index (χ2n) is 28.6. The lowest BCUT2D eigenvalue weighted by Gasteiger charge is -2.67. The van der Waals surface area contributed by atoms with Gasteiger partial charge in [0.25, 0.3) is 0 Å². The molecule has 0 aromatic heterocycles. The molecule has 10 aliphatic rings. The van der Waals surface area contributed by atoms with Crippen molar-refractivity contribution in [2.45, 2.75) is 273 Å². The number of esters is 2. The van der Waals surface area contributed by atoms with Crippen LogP contribution in [0, 0.1) is 50.7 Å². The highest BCUT2D eigenvalue weighted by Crippen LogP contribution is 2.72. The van der Waals surface area contributed by atoms with Crippen LogP contribution in [-0.4, -0.2) is 263 Å². The van der Waals surface area contributed by atoms with Crippen molar-refractivity contribution in [3.05, 3.63) is 11.6 Å². The molecule has 0 spiro atoms. The Labute approximate surface area is 505 Å². The predicted octanol–water partition coefficient (Wildman–Crippen LogP) is -2.36. The fraction of sp³-hybridized carbons (Fsp3) is 0.933. The maximum Gasteiger partial charge on any atom is 0.315 e. The van der Waals surface area contributed by atoms with Gasteiger partial charge >= 0.3 is 11.9 Å². The summed E-state index contributed by atoms with van der Waals surface area (Å²) in [5.74, 6) is -0.960. The van der Waals surface area contributed by atoms with Gasteiger partial charge in [-0.1, -0.05) is 53.2 Å². The monoisotopic (exact) mass is 1250 g/mol. The average Bonchev–Trinajstić information content (AvgIpc) is 0.698. The van der Waals surface area contributed by atoms with Crippen molar-refractivity contribution in [1.82, 2.24) is 0 Å². The van der Waals surface area contributed by atoms with E-state index >= 15 is 4.79 Å². The molecule has 5 saturated heterocycles. The molecule has 27 heteroatoms. The number of hydrogen-bond acceptors (Lipinski definition) is 27. The largest absolute Gasteiger partial charge is 0.463 e. The molecule has 5 heterocycles. The van der Waals surface area contributed by atoms with Gasteiger partial charge in [0.2, 0.25) is 6.29 Å². The molecule has 27 nitrogen and oxygen atoms in total. The van der Waals surface area contributed by atoms with E-state index in [0.29, 0.717) is 38.5 Å². The van der Waals surface area contributed by atoms with Crippen LogP contribution in [0.25, 0.3) is 0 Å². The minimum absolute atomic E-state index is 0.155. The summed E-state index contributed by atoms with van der Waals surface area (Å²) in [5, 5.41) is 151. The first-order valence-corrected chi connectivity index (χ1v) is 31.1. The summed E-state index contributed by atoms with van der Waals surface area (Å²) in [6.45, 7) is 13.8. The number of aliphatic hydroxyl groups is 14.